The Labute approximate surface area is 564 Å². The van der Waals surface area contributed by atoms with E-state index in [1.54, 1.807) is 0 Å². The first-order valence-electron chi connectivity index (χ1n) is 34.0. The average molecular weight is 1360 g/mol. The average Bonchev–Trinajstić information content (AvgIpc) is 3.96. The Bertz CT molecular complexity index is 2250. The second kappa shape index (κ2) is 57.5. The van der Waals surface area contributed by atoms with Crippen molar-refractivity contribution in [2.75, 3.05) is 39.6 Å². The van der Waals surface area contributed by atoms with Crippen molar-refractivity contribution in [3.63, 3.8) is 0 Å². The highest BCUT2D eigenvalue weighted by Crippen LogP contribution is 2.36. The van der Waals surface area contributed by atoms with E-state index in [0.29, 0.717) is 68.1 Å². The first-order valence-corrected chi connectivity index (χ1v) is 38.2. The van der Waals surface area contributed by atoms with Gasteiger partial charge < -0.3 is 28.4 Å². The first-order chi connectivity index (χ1) is 42.9. The van der Waals surface area contributed by atoms with Crippen molar-refractivity contribution in [3.05, 3.63) is 20.1 Å². The third kappa shape index (κ3) is 45.7. The first kappa shape index (κ1) is 85.8. The minimum absolute atomic E-state index is 0.155. The number of aromatic nitrogens is 4. The van der Waals surface area contributed by atoms with Crippen LogP contribution in [0.4, 0.5) is 0 Å². The molecule has 0 spiro atoms. The van der Waals surface area contributed by atoms with Crippen LogP contribution in [0.25, 0.3) is 0 Å². The van der Waals surface area contributed by atoms with Crippen LogP contribution in [-0.2, 0) is 57.2 Å². The van der Waals surface area contributed by atoms with Crippen molar-refractivity contribution in [1.82, 2.24) is 20.4 Å². The quantitative estimate of drug-likeness (QED) is 0.0157. The molecule has 0 saturated heterocycles. The van der Waals surface area contributed by atoms with Gasteiger partial charge >= 0.3 is 35.8 Å². The summed E-state index contributed by atoms with van der Waals surface area (Å²) >= 11 is 14.2. The number of hydrogen-bond donors (Lipinski definition) is 2. The molecule has 8 unspecified atom stereocenters. The van der Waals surface area contributed by atoms with Crippen LogP contribution in [0.2, 0.25) is 0 Å². The third-order valence-electron chi connectivity index (χ3n) is 15.7. The summed E-state index contributed by atoms with van der Waals surface area (Å²) in [5.41, 5.74) is 0. The Hall–Kier alpha value is -3.18. The largest absolute Gasteiger partial charge is 0.465 e. The Morgan fingerprint density at radius 2 is 0.663 bits per heavy atom. The molecule has 0 saturated carbocycles. The predicted molar refractivity (Wildman–Crippen MR) is 372 cm³/mol. The van der Waals surface area contributed by atoms with E-state index in [1.165, 1.54) is 54.1 Å². The summed E-state index contributed by atoms with van der Waals surface area (Å²) in [4.78, 5) is 76.8. The molecule has 0 aromatic carbocycles. The van der Waals surface area contributed by atoms with Gasteiger partial charge in [0.2, 0.25) is 0 Å². The molecule has 0 aliphatic heterocycles. The van der Waals surface area contributed by atoms with Crippen LogP contribution < -0.4 is 0 Å². The van der Waals surface area contributed by atoms with Gasteiger partial charge in [-0.3, -0.25) is 29.4 Å². The number of H-pyrrole nitrogens is 2. The van der Waals surface area contributed by atoms with Gasteiger partial charge in [0.1, 0.15) is 10.5 Å². The Kier molecular flexibility index (Phi) is 55.4. The fourth-order valence-corrected chi connectivity index (χ4v) is 13.7. The normalized spacial score (nSPS) is 13.9. The van der Waals surface area contributed by atoms with E-state index in [-0.39, 0.29) is 36.5 Å². The van der Waals surface area contributed by atoms with E-state index in [1.807, 2.05) is 0 Å². The lowest BCUT2D eigenvalue weighted by molar-refractivity contribution is -0.151. The number of thioether (sulfide) groups is 2. The van der Waals surface area contributed by atoms with Crippen molar-refractivity contribution in [2.24, 2.45) is 35.5 Å². The zero-order chi connectivity index (χ0) is 66.5. The van der Waals surface area contributed by atoms with Gasteiger partial charge in [-0.15, -0.1) is 10.2 Å². The molecular formula is C67H118N4O12S6. The van der Waals surface area contributed by atoms with Gasteiger partial charge in [-0.05, 0) is 98.5 Å². The molecule has 514 valence electrons. The second-order valence-electron chi connectivity index (χ2n) is 23.2. The lowest BCUT2D eigenvalue weighted by atomic mass is 10.00. The van der Waals surface area contributed by atoms with Crippen LogP contribution in [0.5, 0.6) is 0 Å². The highest BCUT2D eigenvalue weighted by Gasteiger charge is 2.31. The number of carbonyl (C=O) groups excluding carboxylic acids is 6. The van der Waals surface area contributed by atoms with E-state index in [4.69, 9.17) is 52.9 Å². The SMILES string of the molecule is CCCCCC(CC)COC(=O)/C=C\C(=O)OCC(CC)CCCC.CCCCCC(CC)COC(=O)CC(Sc1nnc(SC(CC(=O)OCC(CC)CCCC)C(=O)OCC(CC)CCCCC)s1)C(=O)OCC(CC)CCCC.S=c1[nH][nH]c(=S)s1. The van der Waals surface area contributed by atoms with Crippen molar-refractivity contribution in [1.29, 1.82) is 0 Å². The molecule has 2 N–H and O–H groups in total. The summed E-state index contributed by atoms with van der Waals surface area (Å²) in [5.74, 6) is -0.928. The molecule has 0 aliphatic rings. The molecule has 2 heterocycles. The summed E-state index contributed by atoms with van der Waals surface area (Å²) in [5, 5.41) is 12.3. The lowest BCUT2D eigenvalue weighted by Gasteiger charge is -2.19. The maximum atomic E-state index is 13.6. The van der Waals surface area contributed by atoms with Gasteiger partial charge in [0.05, 0.1) is 52.5 Å². The van der Waals surface area contributed by atoms with Crippen LogP contribution in [0.3, 0.4) is 0 Å². The van der Waals surface area contributed by atoms with Gasteiger partial charge in [-0.1, -0.05) is 264 Å². The van der Waals surface area contributed by atoms with Crippen LogP contribution in [0, 0.1) is 43.4 Å². The van der Waals surface area contributed by atoms with Crippen LogP contribution >= 0.6 is 70.6 Å². The Morgan fingerprint density at radius 1 is 0.393 bits per heavy atom. The van der Waals surface area contributed by atoms with Gasteiger partial charge in [0.25, 0.3) is 0 Å². The summed E-state index contributed by atoms with van der Waals surface area (Å²) in [7, 11) is 0. The molecular weight excluding hydrogens is 1250 g/mol. The molecule has 0 fully saturated rings. The van der Waals surface area contributed by atoms with Gasteiger partial charge in [-0.25, -0.2) is 9.59 Å². The maximum absolute atomic E-state index is 13.6. The van der Waals surface area contributed by atoms with E-state index < -0.39 is 46.3 Å². The molecule has 0 aliphatic carbocycles. The highest BCUT2D eigenvalue weighted by molar-refractivity contribution is 8.04. The minimum atomic E-state index is -0.874. The number of ether oxygens (including phenoxy) is 6. The van der Waals surface area contributed by atoms with E-state index >= 15 is 0 Å². The Morgan fingerprint density at radius 3 is 0.921 bits per heavy atom. The van der Waals surface area contributed by atoms with Crippen molar-refractivity contribution in [3.8, 4) is 0 Å². The minimum Gasteiger partial charge on any atom is -0.465 e. The summed E-state index contributed by atoms with van der Waals surface area (Å²) in [6.45, 7) is 27.7. The van der Waals surface area contributed by atoms with Crippen LogP contribution in [0.1, 0.15) is 269 Å². The number of unbranched alkanes of at least 4 members (excludes halogenated alkanes) is 9. The van der Waals surface area contributed by atoms with E-state index in [0.717, 1.165) is 178 Å². The molecule has 2 aromatic heterocycles. The predicted octanol–water partition coefficient (Wildman–Crippen LogP) is 19.4. The van der Waals surface area contributed by atoms with Crippen molar-refractivity contribution >= 4 is 106 Å². The van der Waals surface area contributed by atoms with Crippen LogP contribution in [0.15, 0.2) is 20.8 Å². The molecule has 89 heavy (non-hydrogen) atoms. The summed E-state index contributed by atoms with van der Waals surface area (Å²) in [6.07, 6.45) is 30.7. The number of rotatable bonds is 51. The van der Waals surface area contributed by atoms with Gasteiger partial charge in [-0.2, -0.15) is 0 Å². The molecule has 2 aromatic rings. The highest BCUT2D eigenvalue weighted by atomic mass is 32.2. The second-order valence-corrected chi connectivity index (χ2v) is 29.4. The summed E-state index contributed by atoms with van der Waals surface area (Å²) in [6, 6.07) is 0. The molecule has 16 nitrogen and oxygen atoms in total. The molecule has 0 amide bonds. The topological polar surface area (TPSA) is 215 Å². The van der Waals surface area contributed by atoms with E-state index in [9.17, 15) is 28.8 Å². The number of hydrogen-bond acceptors (Lipinski definition) is 20. The van der Waals surface area contributed by atoms with E-state index in [2.05, 4.69) is 103 Å². The smallest absolute Gasteiger partial charge is 0.331 e. The number of aromatic amines is 2. The third-order valence-corrected chi connectivity index (χ3v) is 20.4. The fraction of sp³-hybridized carbons (Fsp3) is 0.821. The summed E-state index contributed by atoms with van der Waals surface area (Å²) < 4.78 is 35.8. The van der Waals surface area contributed by atoms with Gasteiger partial charge in [0, 0.05) is 12.2 Å². The molecule has 0 radical (unpaired) electrons. The number of nitrogens with zero attached hydrogens (tertiary/aromatic N) is 2. The molecule has 22 heteroatoms. The van der Waals surface area contributed by atoms with Crippen LogP contribution in [-0.4, -0.2) is 106 Å². The number of esters is 6. The fourth-order valence-electron chi connectivity index (χ4n) is 9.14. The lowest BCUT2D eigenvalue weighted by Crippen LogP contribution is -2.27. The monoisotopic (exact) mass is 1360 g/mol. The molecule has 8 atom stereocenters. The van der Waals surface area contributed by atoms with Crippen molar-refractivity contribution < 1.29 is 57.2 Å². The molecule has 0 bridgehead atoms. The molecule has 2 rings (SSSR count). The Balaban J connectivity index is 0.00000197. The zero-order valence-corrected chi connectivity index (χ0v) is 61.7. The maximum Gasteiger partial charge on any atom is 0.331 e. The van der Waals surface area contributed by atoms with Crippen molar-refractivity contribution in [2.45, 2.75) is 288 Å². The standard InChI is InChI=1S/C44H78N2O8S3.C21H38O4.C2H2N2S3/c1-9-17-21-25-35(15-7)30-52-40(48)28-37(41(49)53-31-34(14-6)24-20-12-4)55-43-45-46-44(57-43)56-38(27-39(47)51-29-33(13-5)23-19-11-3)42(50)54-32-36(16-8)26-22-18-10-2;1-5-9-11-13-19(8-4)17-25-21(23)15-14-20(22)24-16-18(7-3)12-10-6-2;5-1-3-4-2(6)7-1/h33-38H,9-32H2,1-8H3;14-15,18-19H,5-13,16-17H2,1-4H3;(H,3,5)(H,4,6)/b;15-14-;. The zero-order valence-electron chi connectivity index (χ0n) is 56.8. The van der Waals surface area contributed by atoms with Gasteiger partial charge in [0.15, 0.2) is 16.6 Å². The number of carbonyl (C=O) groups is 6. The number of nitrogens with one attached hydrogen (secondary N) is 2.